The van der Waals surface area contributed by atoms with Crippen LogP contribution in [0.2, 0.25) is 5.02 Å². The van der Waals surface area contributed by atoms with E-state index in [1.54, 1.807) is 12.4 Å². The first kappa shape index (κ1) is 19.3. The maximum atomic E-state index is 5.95. The van der Waals surface area contributed by atoms with Crippen molar-refractivity contribution in [1.82, 2.24) is 20.1 Å². The molecule has 1 saturated heterocycles. The van der Waals surface area contributed by atoms with E-state index in [0.29, 0.717) is 10.8 Å². The SMILES string of the molecule is Clc1cnc(N2CCC([C@@H]3C[C@@H]3CCOc3ccc(-c4ncon4)cc3)CC2)nc1. The lowest BCUT2D eigenvalue weighted by Gasteiger charge is -2.32. The Labute approximate surface area is 180 Å². The molecule has 0 radical (unpaired) electrons. The first-order valence-electron chi connectivity index (χ1n) is 10.5. The van der Waals surface area contributed by atoms with Crippen LogP contribution in [0.25, 0.3) is 11.4 Å². The number of piperidine rings is 1. The topological polar surface area (TPSA) is 77.2 Å². The van der Waals surface area contributed by atoms with E-state index in [-0.39, 0.29) is 0 Å². The van der Waals surface area contributed by atoms with Crippen LogP contribution >= 0.6 is 11.6 Å². The fourth-order valence-electron chi connectivity index (χ4n) is 4.50. The molecule has 156 valence electrons. The fraction of sp³-hybridized carbons (Fsp3) is 0.455. The molecule has 0 unspecified atom stereocenters. The summed E-state index contributed by atoms with van der Waals surface area (Å²) in [5.74, 6) is 4.73. The van der Waals surface area contributed by atoms with Crippen LogP contribution in [0.3, 0.4) is 0 Å². The summed E-state index contributed by atoms with van der Waals surface area (Å²) in [6.45, 7) is 2.82. The fourth-order valence-corrected chi connectivity index (χ4v) is 4.60. The molecule has 7 nitrogen and oxygen atoms in total. The Hall–Kier alpha value is -2.67. The molecule has 0 bridgehead atoms. The predicted octanol–water partition coefficient (Wildman–Crippen LogP) is 4.50. The Morgan fingerprint density at radius 1 is 1.07 bits per heavy atom. The summed E-state index contributed by atoms with van der Waals surface area (Å²) in [6, 6.07) is 7.84. The zero-order chi connectivity index (χ0) is 20.3. The molecular weight excluding hydrogens is 402 g/mol. The molecular formula is C22H24ClN5O2. The third kappa shape index (κ3) is 4.41. The number of rotatable bonds is 7. The normalized spacial score (nSPS) is 21.6. The molecule has 2 fully saturated rings. The standard InChI is InChI=1S/C22H24ClN5O2/c23-18-12-24-22(25-13-18)28-8-5-15(6-9-28)20-11-17(20)7-10-29-19-3-1-16(2-4-19)21-26-14-30-27-21/h1-4,12-15,17,20H,5-11H2/t17-,20-/m0/s1. The van der Waals surface area contributed by atoms with Crippen LogP contribution in [-0.2, 0) is 0 Å². The monoisotopic (exact) mass is 425 g/mol. The molecule has 3 aromatic rings. The van der Waals surface area contributed by atoms with Gasteiger partial charge in [0.05, 0.1) is 24.0 Å². The van der Waals surface area contributed by atoms with Crippen LogP contribution < -0.4 is 9.64 Å². The Kier molecular flexibility index (Phi) is 5.53. The van der Waals surface area contributed by atoms with Crippen molar-refractivity contribution in [2.45, 2.75) is 25.7 Å². The molecule has 8 heteroatoms. The van der Waals surface area contributed by atoms with Gasteiger partial charge in [0.2, 0.25) is 18.2 Å². The molecule has 1 saturated carbocycles. The number of ether oxygens (including phenoxy) is 1. The van der Waals surface area contributed by atoms with Gasteiger partial charge in [-0.15, -0.1) is 0 Å². The van der Waals surface area contributed by atoms with E-state index >= 15 is 0 Å². The van der Waals surface area contributed by atoms with Gasteiger partial charge < -0.3 is 14.2 Å². The zero-order valence-corrected chi connectivity index (χ0v) is 17.4. The minimum absolute atomic E-state index is 0.583. The molecule has 0 spiro atoms. The summed E-state index contributed by atoms with van der Waals surface area (Å²) in [5.41, 5.74) is 0.925. The summed E-state index contributed by atoms with van der Waals surface area (Å²) in [4.78, 5) is 15.0. The van der Waals surface area contributed by atoms with E-state index in [2.05, 4.69) is 25.0 Å². The zero-order valence-electron chi connectivity index (χ0n) is 16.7. The predicted molar refractivity (Wildman–Crippen MR) is 113 cm³/mol. The molecule has 30 heavy (non-hydrogen) atoms. The quantitative estimate of drug-likeness (QED) is 0.551. The van der Waals surface area contributed by atoms with Crippen LogP contribution in [0.1, 0.15) is 25.7 Å². The summed E-state index contributed by atoms with van der Waals surface area (Å²) in [5, 5.41) is 4.43. The van der Waals surface area contributed by atoms with Gasteiger partial charge in [-0.05, 0) is 67.7 Å². The van der Waals surface area contributed by atoms with Crippen molar-refractivity contribution in [3.63, 3.8) is 0 Å². The molecule has 1 aromatic carbocycles. The summed E-state index contributed by atoms with van der Waals surface area (Å²) in [6.07, 6.45) is 9.57. The molecule has 0 N–H and O–H groups in total. The Morgan fingerprint density at radius 2 is 1.83 bits per heavy atom. The Morgan fingerprint density at radius 3 is 2.53 bits per heavy atom. The van der Waals surface area contributed by atoms with Gasteiger partial charge in [-0.25, -0.2) is 9.97 Å². The second kappa shape index (κ2) is 8.60. The van der Waals surface area contributed by atoms with E-state index in [1.165, 1.54) is 25.7 Å². The molecule has 2 aromatic heterocycles. The number of halogens is 1. The van der Waals surface area contributed by atoms with Gasteiger partial charge in [-0.2, -0.15) is 4.98 Å². The minimum atomic E-state index is 0.583. The van der Waals surface area contributed by atoms with Gasteiger partial charge in [-0.3, -0.25) is 0 Å². The van der Waals surface area contributed by atoms with E-state index in [1.807, 2.05) is 24.3 Å². The van der Waals surface area contributed by atoms with Crippen molar-refractivity contribution in [2.75, 3.05) is 24.6 Å². The lowest BCUT2D eigenvalue weighted by molar-refractivity contribution is 0.284. The van der Waals surface area contributed by atoms with Gasteiger partial charge in [0, 0.05) is 18.7 Å². The van der Waals surface area contributed by atoms with Crippen LogP contribution in [0.15, 0.2) is 47.6 Å². The maximum Gasteiger partial charge on any atom is 0.225 e. The molecule has 3 heterocycles. The highest BCUT2D eigenvalue weighted by atomic mass is 35.5. The van der Waals surface area contributed by atoms with Crippen molar-refractivity contribution in [2.24, 2.45) is 17.8 Å². The average molecular weight is 426 g/mol. The van der Waals surface area contributed by atoms with Crippen LogP contribution in [0, 0.1) is 17.8 Å². The second-order valence-corrected chi connectivity index (χ2v) is 8.54. The smallest absolute Gasteiger partial charge is 0.225 e. The summed E-state index contributed by atoms with van der Waals surface area (Å²) in [7, 11) is 0. The highest BCUT2D eigenvalue weighted by Crippen LogP contribution is 2.49. The third-order valence-corrected chi connectivity index (χ3v) is 6.44. The van der Waals surface area contributed by atoms with E-state index in [4.69, 9.17) is 20.9 Å². The van der Waals surface area contributed by atoms with Gasteiger partial charge in [0.1, 0.15) is 5.75 Å². The van der Waals surface area contributed by atoms with Crippen molar-refractivity contribution in [3.05, 3.63) is 48.1 Å². The number of nitrogens with zero attached hydrogens (tertiary/aromatic N) is 5. The molecule has 5 rings (SSSR count). The van der Waals surface area contributed by atoms with E-state index < -0.39 is 0 Å². The van der Waals surface area contributed by atoms with Crippen LogP contribution in [0.5, 0.6) is 5.75 Å². The van der Waals surface area contributed by atoms with E-state index in [9.17, 15) is 0 Å². The number of hydrogen-bond donors (Lipinski definition) is 0. The van der Waals surface area contributed by atoms with Gasteiger partial charge in [0.15, 0.2) is 0 Å². The van der Waals surface area contributed by atoms with Crippen LogP contribution in [0.4, 0.5) is 5.95 Å². The Balaban J connectivity index is 1.03. The number of aromatic nitrogens is 4. The van der Waals surface area contributed by atoms with Crippen LogP contribution in [-0.4, -0.2) is 39.8 Å². The number of benzene rings is 1. The molecule has 1 aliphatic carbocycles. The van der Waals surface area contributed by atoms with Gasteiger partial charge in [0.25, 0.3) is 0 Å². The molecule has 2 atom stereocenters. The second-order valence-electron chi connectivity index (χ2n) is 8.10. The lowest BCUT2D eigenvalue weighted by atomic mass is 9.90. The van der Waals surface area contributed by atoms with Crippen molar-refractivity contribution in [1.29, 1.82) is 0 Å². The van der Waals surface area contributed by atoms with Gasteiger partial charge in [-0.1, -0.05) is 16.8 Å². The van der Waals surface area contributed by atoms with Gasteiger partial charge >= 0.3 is 0 Å². The first-order chi connectivity index (χ1) is 14.8. The van der Waals surface area contributed by atoms with Crippen molar-refractivity contribution < 1.29 is 9.26 Å². The maximum absolute atomic E-state index is 5.95. The summed E-state index contributed by atoms with van der Waals surface area (Å²) >= 11 is 5.89. The number of anilines is 1. The molecule has 2 aliphatic rings. The minimum Gasteiger partial charge on any atom is -0.494 e. The summed E-state index contributed by atoms with van der Waals surface area (Å²) < 4.78 is 10.7. The Bertz CT molecular complexity index is 941. The lowest BCUT2D eigenvalue weighted by Crippen LogP contribution is -2.35. The van der Waals surface area contributed by atoms with Crippen molar-refractivity contribution >= 4 is 17.5 Å². The highest BCUT2D eigenvalue weighted by Gasteiger charge is 2.43. The number of hydrogen-bond acceptors (Lipinski definition) is 7. The highest BCUT2D eigenvalue weighted by molar-refractivity contribution is 6.30. The largest absolute Gasteiger partial charge is 0.494 e. The average Bonchev–Trinajstić information content (AvgIpc) is 3.34. The first-order valence-corrected chi connectivity index (χ1v) is 10.9. The van der Waals surface area contributed by atoms with Crippen molar-refractivity contribution in [3.8, 4) is 17.1 Å². The third-order valence-electron chi connectivity index (χ3n) is 6.24. The molecule has 1 aliphatic heterocycles. The molecule has 0 amide bonds. The van der Waals surface area contributed by atoms with E-state index in [0.717, 1.165) is 61.1 Å².